The molecule has 0 aromatic heterocycles. The minimum atomic E-state index is -2.82. The average Bonchev–Trinajstić information content (AvgIpc) is 2.59. The molecular weight excluding hydrogens is 306 g/mol. The van der Waals surface area contributed by atoms with Crippen LogP contribution in [0.4, 0.5) is 8.78 Å². The van der Waals surface area contributed by atoms with Crippen molar-refractivity contribution in [2.75, 3.05) is 0 Å². The molecule has 0 bridgehead atoms. The van der Waals surface area contributed by atoms with Crippen molar-refractivity contribution in [2.24, 2.45) is 23.7 Å². The first-order chi connectivity index (χ1) is 11.5. The molecule has 0 aromatic rings. The Morgan fingerprint density at radius 1 is 1.04 bits per heavy atom. The van der Waals surface area contributed by atoms with E-state index in [1.807, 2.05) is 0 Å². The van der Waals surface area contributed by atoms with Gasteiger partial charge in [-0.25, -0.2) is 8.78 Å². The largest absolute Gasteiger partial charge is 0.356 e. The van der Waals surface area contributed by atoms with E-state index in [1.165, 1.54) is 57.4 Å². The standard InChI is InChI=1S/C21H32F2O/c1-2-3-15-4-6-16(7-5-15)17-8-10-18(11-9-17)19-12-13-21(23,24)20(22)14-19/h12-18,20,24H,2-11H2,1H3. The van der Waals surface area contributed by atoms with Gasteiger partial charge in [-0.15, -0.1) is 0 Å². The highest BCUT2D eigenvalue weighted by molar-refractivity contribution is 5.31. The SMILES string of the molecule is CCCC1CCC(C2CCC(C3=CC(F)C(O)(F)C=C3)CC2)CC1. The number of alkyl halides is 2. The Morgan fingerprint density at radius 3 is 2.17 bits per heavy atom. The molecule has 136 valence electrons. The van der Waals surface area contributed by atoms with Crippen molar-refractivity contribution in [3.8, 4) is 0 Å². The third kappa shape index (κ3) is 4.09. The van der Waals surface area contributed by atoms with Crippen LogP contribution in [0, 0.1) is 23.7 Å². The third-order valence-electron chi connectivity index (χ3n) is 6.73. The molecule has 0 aromatic carbocycles. The second kappa shape index (κ2) is 7.68. The van der Waals surface area contributed by atoms with Gasteiger partial charge in [-0.3, -0.25) is 0 Å². The molecule has 0 spiro atoms. The second-order valence-corrected chi connectivity index (χ2v) is 8.31. The molecule has 0 saturated heterocycles. The van der Waals surface area contributed by atoms with Crippen LogP contribution in [0.25, 0.3) is 0 Å². The Balaban J connectivity index is 1.48. The van der Waals surface area contributed by atoms with Gasteiger partial charge in [0.25, 0.3) is 5.85 Å². The number of aliphatic hydroxyl groups is 1. The first-order valence-electron chi connectivity index (χ1n) is 9.96. The van der Waals surface area contributed by atoms with E-state index in [0.29, 0.717) is 5.92 Å². The van der Waals surface area contributed by atoms with Crippen LogP contribution in [-0.4, -0.2) is 17.1 Å². The number of halogens is 2. The van der Waals surface area contributed by atoms with Gasteiger partial charge < -0.3 is 5.11 Å². The molecule has 24 heavy (non-hydrogen) atoms. The maximum atomic E-state index is 13.7. The van der Waals surface area contributed by atoms with Gasteiger partial charge in [0.05, 0.1) is 0 Å². The smallest absolute Gasteiger partial charge is 0.261 e. The average molecular weight is 338 g/mol. The van der Waals surface area contributed by atoms with Crippen molar-refractivity contribution in [2.45, 2.75) is 83.2 Å². The van der Waals surface area contributed by atoms with Crippen LogP contribution in [0.2, 0.25) is 0 Å². The molecule has 3 aliphatic carbocycles. The molecule has 1 nitrogen and oxygen atoms in total. The van der Waals surface area contributed by atoms with Gasteiger partial charge in [-0.1, -0.05) is 38.7 Å². The number of hydrogen-bond acceptors (Lipinski definition) is 1. The zero-order valence-corrected chi connectivity index (χ0v) is 14.9. The molecule has 3 aliphatic rings. The van der Waals surface area contributed by atoms with Crippen molar-refractivity contribution in [1.82, 2.24) is 0 Å². The fourth-order valence-electron chi connectivity index (χ4n) is 5.20. The van der Waals surface area contributed by atoms with Crippen molar-refractivity contribution < 1.29 is 13.9 Å². The van der Waals surface area contributed by atoms with E-state index in [1.54, 1.807) is 6.08 Å². The summed E-state index contributed by atoms with van der Waals surface area (Å²) in [6.07, 6.45) is 14.8. The lowest BCUT2D eigenvalue weighted by Gasteiger charge is -2.38. The van der Waals surface area contributed by atoms with Crippen LogP contribution in [0.1, 0.15) is 71.1 Å². The molecule has 3 heteroatoms. The summed E-state index contributed by atoms with van der Waals surface area (Å²) in [5, 5.41) is 9.26. The van der Waals surface area contributed by atoms with Crippen molar-refractivity contribution in [3.63, 3.8) is 0 Å². The van der Waals surface area contributed by atoms with Gasteiger partial charge in [0.15, 0.2) is 6.17 Å². The van der Waals surface area contributed by atoms with Gasteiger partial charge in [0.2, 0.25) is 0 Å². The van der Waals surface area contributed by atoms with Crippen LogP contribution in [-0.2, 0) is 0 Å². The first kappa shape index (κ1) is 18.1. The van der Waals surface area contributed by atoms with E-state index in [-0.39, 0.29) is 0 Å². The lowest BCUT2D eigenvalue weighted by Crippen LogP contribution is -2.34. The summed E-state index contributed by atoms with van der Waals surface area (Å²) in [5.74, 6) is 0.193. The molecule has 0 radical (unpaired) electrons. The second-order valence-electron chi connectivity index (χ2n) is 8.31. The van der Waals surface area contributed by atoms with E-state index in [4.69, 9.17) is 0 Å². The van der Waals surface area contributed by atoms with E-state index < -0.39 is 12.0 Å². The van der Waals surface area contributed by atoms with Crippen molar-refractivity contribution in [3.05, 3.63) is 23.8 Å². The third-order valence-corrected chi connectivity index (χ3v) is 6.73. The van der Waals surface area contributed by atoms with Crippen LogP contribution in [0.15, 0.2) is 23.8 Å². The van der Waals surface area contributed by atoms with Gasteiger partial charge in [0.1, 0.15) is 0 Å². The normalized spacial score (nSPS) is 43.5. The van der Waals surface area contributed by atoms with Gasteiger partial charge in [0, 0.05) is 0 Å². The van der Waals surface area contributed by atoms with Crippen LogP contribution in [0.5, 0.6) is 0 Å². The lowest BCUT2D eigenvalue weighted by atomic mass is 9.67. The van der Waals surface area contributed by atoms with Gasteiger partial charge in [-0.2, -0.15) is 0 Å². The molecule has 0 amide bonds. The highest BCUT2D eigenvalue weighted by Crippen LogP contribution is 2.44. The zero-order chi connectivity index (χ0) is 17.2. The molecule has 1 N–H and O–H groups in total. The number of hydrogen-bond donors (Lipinski definition) is 1. The minimum absolute atomic E-state index is 0.336. The summed E-state index contributed by atoms with van der Waals surface area (Å²) >= 11 is 0. The van der Waals surface area contributed by atoms with E-state index in [0.717, 1.165) is 42.2 Å². The number of rotatable bonds is 4. The summed E-state index contributed by atoms with van der Waals surface area (Å²) in [6, 6.07) is 0. The fourth-order valence-corrected chi connectivity index (χ4v) is 5.20. The molecule has 0 aliphatic heterocycles. The summed E-state index contributed by atoms with van der Waals surface area (Å²) in [6.45, 7) is 2.29. The summed E-state index contributed by atoms with van der Waals surface area (Å²) < 4.78 is 27.1. The van der Waals surface area contributed by atoms with E-state index in [2.05, 4.69) is 6.92 Å². The van der Waals surface area contributed by atoms with Crippen LogP contribution >= 0.6 is 0 Å². The van der Waals surface area contributed by atoms with Gasteiger partial charge in [-0.05, 0) is 79.9 Å². The van der Waals surface area contributed by atoms with Crippen LogP contribution in [0.3, 0.4) is 0 Å². The predicted octanol–water partition coefficient (Wildman–Crippen LogP) is 5.89. The number of allylic oxidation sites excluding steroid dienone is 2. The molecule has 2 unspecified atom stereocenters. The Bertz CT molecular complexity index is 466. The Hall–Kier alpha value is -0.700. The molecule has 2 fully saturated rings. The first-order valence-corrected chi connectivity index (χ1v) is 9.96. The summed E-state index contributed by atoms with van der Waals surface area (Å²) in [7, 11) is 0. The monoisotopic (exact) mass is 338 g/mol. The topological polar surface area (TPSA) is 20.2 Å². The highest BCUT2D eigenvalue weighted by atomic mass is 19.2. The van der Waals surface area contributed by atoms with Gasteiger partial charge >= 0.3 is 0 Å². The predicted molar refractivity (Wildman–Crippen MR) is 94.0 cm³/mol. The molecule has 2 atom stereocenters. The minimum Gasteiger partial charge on any atom is -0.356 e. The Morgan fingerprint density at radius 2 is 1.62 bits per heavy atom. The van der Waals surface area contributed by atoms with Crippen molar-refractivity contribution >= 4 is 0 Å². The Kier molecular flexibility index (Phi) is 5.79. The maximum Gasteiger partial charge on any atom is 0.261 e. The van der Waals surface area contributed by atoms with E-state index in [9.17, 15) is 13.9 Å². The van der Waals surface area contributed by atoms with Crippen LogP contribution < -0.4 is 0 Å². The lowest BCUT2D eigenvalue weighted by molar-refractivity contribution is -0.0872. The highest BCUT2D eigenvalue weighted by Gasteiger charge is 2.38. The summed E-state index contributed by atoms with van der Waals surface area (Å²) in [4.78, 5) is 0. The maximum absolute atomic E-state index is 13.7. The quantitative estimate of drug-likeness (QED) is 0.677. The molecule has 2 saturated carbocycles. The summed E-state index contributed by atoms with van der Waals surface area (Å²) in [5.41, 5.74) is 0.884. The Labute approximate surface area is 145 Å². The molecule has 0 heterocycles. The van der Waals surface area contributed by atoms with Crippen molar-refractivity contribution in [1.29, 1.82) is 0 Å². The fraction of sp³-hybridized carbons (Fsp3) is 0.810. The van der Waals surface area contributed by atoms with E-state index >= 15 is 0 Å². The molecule has 3 rings (SSSR count). The zero-order valence-electron chi connectivity index (χ0n) is 14.9. The molecular formula is C21H32F2O.